The summed E-state index contributed by atoms with van der Waals surface area (Å²) in [5.74, 6) is 1.46. The number of ether oxygens (including phenoxy) is 1. The van der Waals surface area contributed by atoms with E-state index in [1.807, 2.05) is 31.2 Å². The summed E-state index contributed by atoms with van der Waals surface area (Å²) >= 11 is 0. The van der Waals surface area contributed by atoms with Crippen molar-refractivity contribution in [1.82, 2.24) is 10.2 Å². The normalized spacial score (nSPS) is 17.8. The minimum atomic E-state index is -0.00757. The van der Waals surface area contributed by atoms with Crippen LogP contribution in [0.3, 0.4) is 0 Å². The molecule has 0 saturated heterocycles. The highest BCUT2D eigenvalue weighted by Crippen LogP contribution is 2.38. The summed E-state index contributed by atoms with van der Waals surface area (Å²) in [7, 11) is 1.64. The molecule has 0 fully saturated rings. The Labute approximate surface area is 111 Å². The topological polar surface area (TPSA) is 67.0 Å². The fraction of sp³-hybridized carbons (Fsp3) is 0.286. The predicted octanol–water partition coefficient (Wildman–Crippen LogP) is 2.20. The monoisotopic (exact) mass is 257 g/mol. The first-order chi connectivity index (χ1) is 9.19. The van der Waals surface area contributed by atoms with Crippen LogP contribution < -0.4 is 10.1 Å². The van der Waals surface area contributed by atoms with Crippen molar-refractivity contribution in [2.24, 2.45) is 0 Å². The molecule has 1 amide bonds. The molecule has 3 rings (SSSR count). The summed E-state index contributed by atoms with van der Waals surface area (Å²) in [6, 6.07) is 7.83. The molecule has 19 heavy (non-hydrogen) atoms. The number of hydrogen-bond donors (Lipinski definition) is 2. The van der Waals surface area contributed by atoms with Gasteiger partial charge in [-0.1, -0.05) is 12.1 Å². The van der Waals surface area contributed by atoms with Crippen LogP contribution in [0.2, 0.25) is 0 Å². The molecule has 1 aromatic carbocycles. The van der Waals surface area contributed by atoms with Crippen LogP contribution in [0.5, 0.6) is 5.75 Å². The zero-order chi connectivity index (χ0) is 13.4. The molecular weight excluding hydrogens is 242 g/mol. The number of anilines is 1. The van der Waals surface area contributed by atoms with Crippen molar-refractivity contribution in [1.29, 1.82) is 0 Å². The van der Waals surface area contributed by atoms with Gasteiger partial charge in [0.15, 0.2) is 5.82 Å². The Hall–Kier alpha value is -2.30. The van der Waals surface area contributed by atoms with E-state index in [0.29, 0.717) is 12.2 Å². The maximum Gasteiger partial charge on any atom is 0.226 e. The lowest BCUT2D eigenvalue weighted by molar-refractivity contribution is -0.116. The minimum absolute atomic E-state index is 0.00757. The van der Waals surface area contributed by atoms with Crippen LogP contribution in [0.15, 0.2) is 24.3 Å². The Morgan fingerprint density at radius 1 is 1.42 bits per heavy atom. The summed E-state index contributed by atoms with van der Waals surface area (Å²) in [6.45, 7) is 1.97. The lowest BCUT2D eigenvalue weighted by Gasteiger charge is -2.23. The minimum Gasteiger partial charge on any atom is -0.497 e. The Morgan fingerprint density at radius 2 is 2.26 bits per heavy atom. The van der Waals surface area contributed by atoms with Crippen molar-refractivity contribution < 1.29 is 9.53 Å². The average molecular weight is 257 g/mol. The van der Waals surface area contributed by atoms with Gasteiger partial charge in [-0.2, -0.15) is 5.10 Å². The van der Waals surface area contributed by atoms with Gasteiger partial charge in [-0.3, -0.25) is 9.89 Å². The van der Waals surface area contributed by atoms with Gasteiger partial charge >= 0.3 is 0 Å². The van der Waals surface area contributed by atoms with Crippen molar-refractivity contribution in [2.75, 3.05) is 12.4 Å². The van der Waals surface area contributed by atoms with E-state index in [0.717, 1.165) is 22.6 Å². The maximum atomic E-state index is 11.8. The smallest absolute Gasteiger partial charge is 0.226 e. The standard InChI is InChI=1S/C14H15N3O2/c1-8-13-11(7-12(18)15-14(13)17-16-8)9-4-3-5-10(6-9)19-2/h3-6,11H,7H2,1-2H3,(H2,15,16,17,18)/t11-/m1/s1. The third kappa shape index (κ3) is 1.97. The lowest BCUT2D eigenvalue weighted by atomic mass is 9.86. The number of carbonyl (C=O) groups excluding carboxylic acids is 1. The van der Waals surface area contributed by atoms with Gasteiger partial charge in [-0.25, -0.2) is 0 Å². The van der Waals surface area contributed by atoms with E-state index in [4.69, 9.17) is 4.74 Å². The molecule has 1 aromatic heterocycles. The van der Waals surface area contributed by atoms with Crippen LogP contribution in [0, 0.1) is 6.92 Å². The molecule has 98 valence electrons. The van der Waals surface area contributed by atoms with E-state index in [1.54, 1.807) is 7.11 Å². The Balaban J connectivity index is 2.09. The summed E-state index contributed by atoms with van der Waals surface area (Å²) in [5, 5.41) is 9.87. The molecule has 2 aromatic rings. The molecule has 5 nitrogen and oxygen atoms in total. The van der Waals surface area contributed by atoms with Gasteiger partial charge in [0, 0.05) is 23.6 Å². The quantitative estimate of drug-likeness (QED) is 0.866. The fourth-order valence-corrected chi connectivity index (χ4v) is 2.57. The second-order valence-electron chi connectivity index (χ2n) is 4.69. The first-order valence-corrected chi connectivity index (χ1v) is 6.17. The summed E-state index contributed by atoms with van der Waals surface area (Å²) in [6.07, 6.45) is 0.431. The number of hydrogen-bond acceptors (Lipinski definition) is 3. The first-order valence-electron chi connectivity index (χ1n) is 6.17. The van der Waals surface area contributed by atoms with Crippen LogP contribution in [-0.4, -0.2) is 23.2 Å². The van der Waals surface area contributed by atoms with Gasteiger partial charge in [0.25, 0.3) is 0 Å². The number of carbonyl (C=O) groups is 1. The van der Waals surface area contributed by atoms with Gasteiger partial charge in [0.1, 0.15) is 5.75 Å². The Morgan fingerprint density at radius 3 is 3.05 bits per heavy atom. The molecule has 0 aliphatic carbocycles. The maximum absolute atomic E-state index is 11.8. The molecule has 0 saturated carbocycles. The number of aromatic amines is 1. The average Bonchev–Trinajstić information content (AvgIpc) is 2.79. The van der Waals surface area contributed by atoms with E-state index in [9.17, 15) is 4.79 Å². The number of fused-ring (bicyclic) bond motifs is 1. The molecule has 0 unspecified atom stereocenters. The summed E-state index contributed by atoms with van der Waals surface area (Å²) in [5.41, 5.74) is 3.12. The van der Waals surface area contributed by atoms with Gasteiger partial charge in [0.05, 0.1) is 7.11 Å². The molecule has 0 bridgehead atoms. The zero-order valence-electron chi connectivity index (χ0n) is 10.9. The van der Waals surface area contributed by atoms with Gasteiger partial charge in [-0.05, 0) is 24.6 Å². The van der Waals surface area contributed by atoms with E-state index >= 15 is 0 Å². The van der Waals surface area contributed by atoms with Crippen LogP contribution >= 0.6 is 0 Å². The number of aryl methyl sites for hydroxylation is 1. The molecular formula is C14H15N3O2. The number of aromatic nitrogens is 2. The molecule has 5 heteroatoms. The number of methoxy groups -OCH3 is 1. The largest absolute Gasteiger partial charge is 0.497 e. The first kappa shape index (κ1) is 11.8. The number of benzene rings is 1. The lowest BCUT2D eigenvalue weighted by Crippen LogP contribution is -2.23. The van der Waals surface area contributed by atoms with E-state index in [2.05, 4.69) is 15.5 Å². The number of nitrogens with one attached hydrogen (secondary N) is 2. The van der Waals surface area contributed by atoms with Crippen molar-refractivity contribution in [3.63, 3.8) is 0 Å². The van der Waals surface area contributed by atoms with Gasteiger partial charge < -0.3 is 10.1 Å². The van der Waals surface area contributed by atoms with E-state index in [1.165, 1.54) is 0 Å². The molecule has 1 aliphatic rings. The number of H-pyrrole nitrogens is 1. The van der Waals surface area contributed by atoms with Crippen LogP contribution in [-0.2, 0) is 4.79 Å². The second-order valence-corrected chi connectivity index (χ2v) is 4.69. The highest BCUT2D eigenvalue weighted by molar-refractivity contribution is 5.94. The fourth-order valence-electron chi connectivity index (χ4n) is 2.57. The van der Waals surface area contributed by atoms with Crippen molar-refractivity contribution in [2.45, 2.75) is 19.3 Å². The number of rotatable bonds is 2. The zero-order valence-corrected chi connectivity index (χ0v) is 10.9. The van der Waals surface area contributed by atoms with Crippen molar-refractivity contribution >= 4 is 11.7 Å². The Bertz CT molecular complexity index is 633. The number of amides is 1. The molecule has 2 heterocycles. The van der Waals surface area contributed by atoms with Crippen LogP contribution in [0.1, 0.15) is 29.2 Å². The third-order valence-electron chi connectivity index (χ3n) is 3.49. The van der Waals surface area contributed by atoms with Crippen molar-refractivity contribution in [3.8, 4) is 5.75 Å². The molecule has 2 N–H and O–H groups in total. The molecule has 0 spiro atoms. The summed E-state index contributed by atoms with van der Waals surface area (Å²) < 4.78 is 5.25. The molecule has 1 atom stereocenters. The van der Waals surface area contributed by atoms with Crippen LogP contribution in [0.25, 0.3) is 0 Å². The second kappa shape index (κ2) is 4.42. The number of nitrogens with zero attached hydrogens (tertiary/aromatic N) is 1. The van der Waals surface area contributed by atoms with E-state index < -0.39 is 0 Å². The SMILES string of the molecule is COc1cccc([C@H]2CC(=O)Nc3n[nH]c(C)c32)c1. The third-order valence-corrected chi connectivity index (χ3v) is 3.49. The highest BCUT2D eigenvalue weighted by Gasteiger charge is 2.30. The Kier molecular flexibility index (Phi) is 2.74. The summed E-state index contributed by atoms with van der Waals surface area (Å²) in [4.78, 5) is 11.8. The van der Waals surface area contributed by atoms with Gasteiger partial charge in [0.2, 0.25) is 5.91 Å². The van der Waals surface area contributed by atoms with E-state index in [-0.39, 0.29) is 11.8 Å². The highest BCUT2D eigenvalue weighted by atomic mass is 16.5. The molecule has 1 aliphatic heterocycles. The molecule has 0 radical (unpaired) electrons. The predicted molar refractivity (Wildman–Crippen MR) is 71.4 cm³/mol. The van der Waals surface area contributed by atoms with Gasteiger partial charge in [-0.15, -0.1) is 0 Å². The van der Waals surface area contributed by atoms with Crippen LogP contribution in [0.4, 0.5) is 5.82 Å². The van der Waals surface area contributed by atoms with Crippen molar-refractivity contribution in [3.05, 3.63) is 41.1 Å².